The van der Waals surface area contributed by atoms with Crippen LogP contribution >= 0.6 is 15.9 Å². The maximum atomic E-state index is 10.5. The molecule has 17 heavy (non-hydrogen) atoms. The number of halogens is 1. The van der Waals surface area contributed by atoms with E-state index in [2.05, 4.69) is 20.9 Å². The smallest absolute Gasteiger partial charge is 0.282 e. The first-order chi connectivity index (χ1) is 8.12. The molecule has 0 saturated heterocycles. The monoisotopic (exact) mass is 296 g/mol. The van der Waals surface area contributed by atoms with E-state index >= 15 is 0 Å². The minimum Gasteiger partial charge on any atom is -0.463 e. The molecule has 1 heterocycles. The largest absolute Gasteiger partial charge is 0.463 e. The van der Waals surface area contributed by atoms with E-state index in [-0.39, 0.29) is 6.02 Å². The number of benzene rings is 1. The van der Waals surface area contributed by atoms with Crippen LogP contribution in [0.1, 0.15) is 23.7 Å². The first kappa shape index (κ1) is 11.0. The van der Waals surface area contributed by atoms with Crippen LogP contribution < -0.4 is 5.73 Å². The molecule has 0 amide bonds. The summed E-state index contributed by atoms with van der Waals surface area (Å²) < 4.78 is 6.26. The van der Waals surface area contributed by atoms with Crippen molar-refractivity contribution >= 4 is 22.0 Å². The van der Waals surface area contributed by atoms with Crippen molar-refractivity contribution < 1.29 is 9.84 Å². The van der Waals surface area contributed by atoms with Crippen LogP contribution in [0.5, 0.6) is 0 Å². The standard InChI is InChI=1S/C12H13BrN2O2/c13-9-3-1-2-8-7(9)4-5-12(10(8)16)6-17-11(14)15-12/h1-3,10,16H,4-6H2,(H2,14,15). The van der Waals surface area contributed by atoms with E-state index in [4.69, 9.17) is 10.5 Å². The zero-order chi connectivity index (χ0) is 12.0. The molecule has 1 spiro atoms. The van der Waals surface area contributed by atoms with Crippen molar-refractivity contribution in [2.75, 3.05) is 6.61 Å². The molecule has 3 rings (SSSR count). The predicted molar refractivity (Wildman–Crippen MR) is 67.7 cm³/mol. The molecule has 5 heteroatoms. The Kier molecular flexibility index (Phi) is 2.41. The van der Waals surface area contributed by atoms with Crippen molar-refractivity contribution in [2.24, 2.45) is 10.7 Å². The number of ether oxygens (including phenoxy) is 1. The summed E-state index contributed by atoms with van der Waals surface area (Å²) in [5.74, 6) is 0. The van der Waals surface area contributed by atoms with Gasteiger partial charge in [-0.05, 0) is 30.0 Å². The molecular weight excluding hydrogens is 284 g/mol. The molecule has 1 aromatic rings. The highest BCUT2D eigenvalue weighted by molar-refractivity contribution is 9.10. The summed E-state index contributed by atoms with van der Waals surface area (Å²) in [5, 5.41) is 10.5. The van der Waals surface area contributed by atoms with Gasteiger partial charge in [0.15, 0.2) is 0 Å². The Bertz CT molecular complexity index is 503. The summed E-state index contributed by atoms with van der Waals surface area (Å²) in [5.41, 5.74) is 7.06. The van der Waals surface area contributed by atoms with E-state index in [9.17, 15) is 5.11 Å². The lowest BCUT2D eigenvalue weighted by Crippen LogP contribution is -2.40. The second-order valence-corrected chi connectivity index (χ2v) is 5.41. The number of nitrogens with two attached hydrogens (primary N) is 1. The van der Waals surface area contributed by atoms with Crippen molar-refractivity contribution in [3.63, 3.8) is 0 Å². The molecule has 2 atom stereocenters. The molecule has 1 aromatic carbocycles. The van der Waals surface area contributed by atoms with Crippen LogP contribution in [0.2, 0.25) is 0 Å². The topological polar surface area (TPSA) is 67.8 Å². The van der Waals surface area contributed by atoms with E-state index in [0.29, 0.717) is 6.61 Å². The van der Waals surface area contributed by atoms with Crippen molar-refractivity contribution in [2.45, 2.75) is 24.5 Å². The summed E-state index contributed by atoms with van der Waals surface area (Å²) in [7, 11) is 0. The Morgan fingerprint density at radius 3 is 3.06 bits per heavy atom. The summed E-state index contributed by atoms with van der Waals surface area (Å²) in [6, 6.07) is 6.04. The third-order valence-corrected chi connectivity index (χ3v) is 4.31. The third-order valence-electron chi connectivity index (χ3n) is 3.57. The molecule has 1 aliphatic carbocycles. The first-order valence-corrected chi connectivity index (χ1v) is 6.35. The molecule has 2 aliphatic rings. The third kappa shape index (κ3) is 1.57. The van der Waals surface area contributed by atoms with Gasteiger partial charge in [-0.3, -0.25) is 0 Å². The normalized spacial score (nSPS) is 30.9. The van der Waals surface area contributed by atoms with Gasteiger partial charge in [-0.1, -0.05) is 28.1 Å². The Hall–Kier alpha value is -1.07. The average molecular weight is 297 g/mol. The number of aliphatic imine (C=N–C) groups is 1. The Labute approximate surface area is 108 Å². The Morgan fingerprint density at radius 1 is 1.53 bits per heavy atom. The molecule has 0 saturated carbocycles. The second kappa shape index (κ2) is 3.71. The minimum absolute atomic E-state index is 0.183. The van der Waals surface area contributed by atoms with Crippen LogP contribution in [0.25, 0.3) is 0 Å². The lowest BCUT2D eigenvalue weighted by atomic mass is 9.76. The molecule has 0 radical (unpaired) electrons. The molecule has 0 fully saturated rings. The molecule has 3 N–H and O–H groups in total. The highest BCUT2D eigenvalue weighted by atomic mass is 79.9. The summed E-state index contributed by atoms with van der Waals surface area (Å²) >= 11 is 3.52. The van der Waals surface area contributed by atoms with Crippen LogP contribution in [-0.4, -0.2) is 23.3 Å². The van der Waals surface area contributed by atoms with Gasteiger partial charge in [0.25, 0.3) is 6.02 Å². The molecule has 0 bridgehead atoms. The second-order valence-electron chi connectivity index (χ2n) is 4.55. The SMILES string of the molecule is NC1=NC2(CCc3c(Br)cccc3C2O)CO1. The molecule has 0 aromatic heterocycles. The lowest BCUT2D eigenvalue weighted by molar-refractivity contribution is 0.0520. The number of hydrogen-bond donors (Lipinski definition) is 2. The van der Waals surface area contributed by atoms with Gasteiger partial charge in [0, 0.05) is 4.47 Å². The highest BCUT2D eigenvalue weighted by Crippen LogP contribution is 2.44. The minimum atomic E-state index is -0.648. The highest BCUT2D eigenvalue weighted by Gasteiger charge is 2.47. The van der Waals surface area contributed by atoms with Crippen LogP contribution in [0.4, 0.5) is 0 Å². The van der Waals surface area contributed by atoms with Crippen LogP contribution in [-0.2, 0) is 11.2 Å². The maximum absolute atomic E-state index is 10.5. The van der Waals surface area contributed by atoms with E-state index < -0.39 is 11.6 Å². The number of nitrogens with zero attached hydrogens (tertiary/aromatic N) is 1. The Morgan fingerprint density at radius 2 is 2.35 bits per heavy atom. The molecule has 2 unspecified atom stereocenters. The first-order valence-electron chi connectivity index (χ1n) is 5.56. The predicted octanol–water partition coefficient (Wildman–Crippen LogP) is 1.51. The van der Waals surface area contributed by atoms with Gasteiger partial charge in [-0.25, -0.2) is 4.99 Å². The lowest BCUT2D eigenvalue weighted by Gasteiger charge is -2.35. The fraction of sp³-hybridized carbons (Fsp3) is 0.417. The number of aliphatic hydroxyl groups is 1. The zero-order valence-electron chi connectivity index (χ0n) is 9.19. The van der Waals surface area contributed by atoms with Crippen molar-refractivity contribution in [1.82, 2.24) is 0 Å². The zero-order valence-corrected chi connectivity index (χ0v) is 10.8. The van der Waals surface area contributed by atoms with E-state index in [1.54, 1.807) is 0 Å². The number of amidine groups is 1. The van der Waals surface area contributed by atoms with E-state index in [1.807, 2.05) is 18.2 Å². The number of rotatable bonds is 0. The number of hydrogen-bond acceptors (Lipinski definition) is 4. The van der Waals surface area contributed by atoms with Gasteiger partial charge in [-0.15, -0.1) is 0 Å². The Balaban J connectivity index is 2.07. The molecular formula is C12H13BrN2O2. The fourth-order valence-electron chi connectivity index (χ4n) is 2.61. The van der Waals surface area contributed by atoms with E-state index in [1.165, 1.54) is 0 Å². The van der Waals surface area contributed by atoms with Gasteiger partial charge in [0.1, 0.15) is 18.2 Å². The van der Waals surface area contributed by atoms with Crippen molar-refractivity contribution in [1.29, 1.82) is 0 Å². The summed E-state index contributed by atoms with van der Waals surface area (Å²) in [6.45, 7) is 0.367. The molecule has 90 valence electrons. The van der Waals surface area contributed by atoms with Gasteiger partial charge < -0.3 is 15.6 Å². The van der Waals surface area contributed by atoms with Gasteiger partial charge >= 0.3 is 0 Å². The van der Waals surface area contributed by atoms with Crippen LogP contribution in [0, 0.1) is 0 Å². The fourth-order valence-corrected chi connectivity index (χ4v) is 3.19. The van der Waals surface area contributed by atoms with Crippen molar-refractivity contribution in [3.8, 4) is 0 Å². The quantitative estimate of drug-likeness (QED) is 0.763. The van der Waals surface area contributed by atoms with Crippen LogP contribution in [0.15, 0.2) is 27.7 Å². The van der Waals surface area contributed by atoms with Gasteiger partial charge in [-0.2, -0.15) is 0 Å². The average Bonchev–Trinajstić information content (AvgIpc) is 2.68. The molecule has 4 nitrogen and oxygen atoms in total. The van der Waals surface area contributed by atoms with E-state index in [0.717, 1.165) is 28.4 Å². The summed E-state index contributed by atoms with van der Waals surface area (Å²) in [4.78, 5) is 4.30. The van der Waals surface area contributed by atoms with Crippen molar-refractivity contribution in [3.05, 3.63) is 33.8 Å². The van der Waals surface area contributed by atoms with Gasteiger partial charge in [0.2, 0.25) is 0 Å². The van der Waals surface area contributed by atoms with Gasteiger partial charge in [0.05, 0.1) is 0 Å². The number of aliphatic hydroxyl groups excluding tert-OH is 1. The molecule has 1 aliphatic heterocycles. The maximum Gasteiger partial charge on any atom is 0.282 e. The van der Waals surface area contributed by atoms with Crippen LogP contribution in [0.3, 0.4) is 0 Å². The number of fused-ring (bicyclic) bond motifs is 1. The summed E-state index contributed by atoms with van der Waals surface area (Å²) in [6.07, 6.45) is 0.975.